The molecule has 4 N–H and O–H groups in total. The summed E-state index contributed by atoms with van der Waals surface area (Å²) < 4.78 is 5.91. The van der Waals surface area contributed by atoms with Crippen LogP contribution in [-0.2, 0) is 25.7 Å². The Morgan fingerprint density at radius 3 is 2.05 bits per heavy atom. The molecule has 3 aromatic carbocycles. The van der Waals surface area contributed by atoms with Crippen LogP contribution in [0.25, 0.3) is 0 Å². The number of benzene rings is 3. The molecule has 0 radical (unpaired) electrons. The van der Waals surface area contributed by atoms with Gasteiger partial charge in [-0.25, -0.2) is 5.48 Å². The first-order chi connectivity index (χ1) is 20.5. The van der Waals surface area contributed by atoms with Gasteiger partial charge in [-0.15, -0.1) is 0 Å². The number of hydroxylamine groups is 1. The van der Waals surface area contributed by atoms with Crippen molar-refractivity contribution in [2.24, 2.45) is 0 Å². The van der Waals surface area contributed by atoms with E-state index in [0.717, 1.165) is 11.1 Å². The summed E-state index contributed by atoms with van der Waals surface area (Å²) in [6.07, 6.45) is -0.606. The lowest BCUT2D eigenvalue weighted by Crippen LogP contribution is -2.54. The Bertz CT molecular complexity index is 1410. The van der Waals surface area contributed by atoms with Gasteiger partial charge in [0.2, 0.25) is 5.91 Å². The van der Waals surface area contributed by atoms with Crippen molar-refractivity contribution in [3.8, 4) is 11.8 Å². The van der Waals surface area contributed by atoms with Crippen LogP contribution in [0.3, 0.4) is 0 Å². The molecule has 0 aliphatic rings. The molecule has 0 bridgehead atoms. The van der Waals surface area contributed by atoms with Crippen LogP contribution in [0.2, 0.25) is 0 Å². The summed E-state index contributed by atoms with van der Waals surface area (Å²) in [4.78, 5) is 42.9. The normalized spacial score (nSPS) is 12.3. The van der Waals surface area contributed by atoms with Crippen LogP contribution in [0.5, 0.6) is 0 Å². The van der Waals surface area contributed by atoms with Gasteiger partial charge in [-0.1, -0.05) is 42.2 Å². The maximum Gasteiger partial charge on any atom is 0.268 e. The Labute approximate surface area is 253 Å². The smallest absolute Gasteiger partial charge is 0.268 e. The third-order valence-corrected chi connectivity index (χ3v) is 6.02. The summed E-state index contributed by atoms with van der Waals surface area (Å²) >= 11 is 0. The van der Waals surface area contributed by atoms with E-state index in [1.165, 1.54) is 0 Å². The Morgan fingerprint density at radius 2 is 1.47 bits per heavy atom. The van der Waals surface area contributed by atoms with Gasteiger partial charge in [0.05, 0.1) is 24.9 Å². The van der Waals surface area contributed by atoms with Gasteiger partial charge in [-0.2, -0.15) is 0 Å². The molecule has 0 aliphatic heterocycles. The van der Waals surface area contributed by atoms with E-state index in [1.807, 2.05) is 63.2 Å². The highest BCUT2D eigenvalue weighted by molar-refractivity contribution is 5.97. The Kier molecular flexibility index (Phi) is 12.5. The second-order valence-corrected chi connectivity index (χ2v) is 10.8. The number of nitrogens with one attached hydrogen (secondary N) is 4. The van der Waals surface area contributed by atoms with Gasteiger partial charge in [0.15, 0.2) is 0 Å². The van der Waals surface area contributed by atoms with Gasteiger partial charge in [0, 0.05) is 28.9 Å². The van der Waals surface area contributed by atoms with E-state index in [0.29, 0.717) is 23.4 Å². The van der Waals surface area contributed by atoms with E-state index in [1.54, 1.807) is 50.2 Å². The first-order valence-electron chi connectivity index (χ1n) is 14.2. The van der Waals surface area contributed by atoms with E-state index in [4.69, 9.17) is 9.57 Å². The third kappa shape index (κ3) is 11.7. The molecule has 0 aromatic heterocycles. The molecule has 1 unspecified atom stereocenters. The monoisotopic (exact) mass is 584 g/mol. The zero-order chi connectivity index (χ0) is 31.2. The largest absolute Gasteiger partial charge is 0.370 e. The average molecular weight is 585 g/mol. The average Bonchev–Trinajstić information content (AvgIpc) is 2.98. The van der Waals surface area contributed by atoms with Crippen molar-refractivity contribution in [2.45, 2.75) is 58.9 Å². The molecule has 226 valence electrons. The van der Waals surface area contributed by atoms with Crippen LogP contribution < -0.4 is 21.4 Å². The number of rotatable bonds is 12. The molecule has 43 heavy (non-hydrogen) atoms. The van der Waals surface area contributed by atoms with Gasteiger partial charge in [-0.3, -0.25) is 19.2 Å². The molecule has 0 fully saturated rings. The molecule has 0 spiro atoms. The maximum atomic E-state index is 13.0. The Balaban J connectivity index is 1.54. The van der Waals surface area contributed by atoms with Gasteiger partial charge in [0.25, 0.3) is 11.8 Å². The number of anilines is 1. The van der Waals surface area contributed by atoms with E-state index in [2.05, 4.69) is 33.3 Å². The quantitative estimate of drug-likeness (QED) is 0.187. The molecule has 0 aliphatic carbocycles. The zero-order valence-corrected chi connectivity index (χ0v) is 25.3. The topological polar surface area (TPSA) is 118 Å². The lowest BCUT2D eigenvalue weighted by atomic mass is 10.1. The molecule has 3 amide bonds. The Hall–Kier alpha value is -4.49. The van der Waals surface area contributed by atoms with Gasteiger partial charge in [0.1, 0.15) is 6.04 Å². The first-order valence-corrected chi connectivity index (χ1v) is 14.2. The lowest BCUT2D eigenvalue weighted by Gasteiger charge is -2.30. The number of hydrogen-bond donors (Lipinski definition) is 4. The number of ether oxygens (including phenoxy) is 1. The molecule has 0 saturated carbocycles. The number of amides is 3. The minimum atomic E-state index is -0.962. The van der Waals surface area contributed by atoms with Crippen molar-refractivity contribution in [1.82, 2.24) is 16.1 Å². The fourth-order valence-electron chi connectivity index (χ4n) is 4.06. The van der Waals surface area contributed by atoms with Gasteiger partial charge >= 0.3 is 0 Å². The molecule has 3 aromatic rings. The van der Waals surface area contributed by atoms with E-state index < -0.39 is 29.6 Å². The predicted octanol–water partition coefficient (Wildman–Crippen LogP) is 4.18. The molecular formula is C34H40N4O5. The summed E-state index contributed by atoms with van der Waals surface area (Å²) in [5.41, 5.74) is 5.50. The summed E-state index contributed by atoms with van der Waals surface area (Å²) in [5.74, 6) is 5.11. The summed E-state index contributed by atoms with van der Waals surface area (Å²) in [6, 6.07) is 23.0. The number of hydrogen-bond acceptors (Lipinski definition) is 6. The zero-order valence-electron chi connectivity index (χ0n) is 25.3. The maximum absolute atomic E-state index is 13.0. The lowest BCUT2D eigenvalue weighted by molar-refractivity contribution is -0.142. The molecule has 3 rings (SSSR count). The molecular weight excluding hydrogens is 544 g/mol. The van der Waals surface area contributed by atoms with Crippen molar-refractivity contribution < 1.29 is 24.0 Å². The predicted molar refractivity (Wildman–Crippen MR) is 167 cm³/mol. The molecule has 9 heteroatoms. The first kappa shape index (κ1) is 33.0. The van der Waals surface area contributed by atoms with Crippen molar-refractivity contribution in [1.29, 1.82) is 0 Å². The minimum absolute atomic E-state index is 0.128. The second-order valence-electron chi connectivity index (χ2n) is 10.8. The highest BCUT2D eigenvalue weighted by Gasteiger charge is 2.31. The highest BCUT2D eigenvalue weighted by Crippen LogP contribution is 2.14. The van der Waals surface area contributed by atoms with E-state index in [-0.39, 0.29) is 19.1 Å². The standard InChI is InChI=1S/C34H40N4O5/c1-6-42-38-33(41)31(24(2)43-34(3,4)5)37-32(40)28-18-14-25(15-19-28)12-13-26-16-20-29(21-17-26)36-30(39)23-35-22-27-10-8-7-9-11-27/h7-11,14-21,24,31,35H,6,22-23H2,1-5H3,(H,36,39)(H,37,40)(H,38,41)/t24-,31?/m1/s1. The van der Waals surface area contributed by atoms with Crippen molar-refractivity contribution in [2.75, 3.05) is 18.5 Å². The number of carbonyl (C=O) groups excluding carboxylic acids is 3. The van der Waals surface area contributed by atoms with Crippen LogP contribution in [0.15, 0.2) is 78.9 Å². The van der Waals surface area contributed by atoms with Crippen LogP contribution >= 0.6 is 0 Å². The molecule has 0 heterocycles. The van der Waals surface area contributed by atoms with Crippen LogP contribution in [0, 0.1) is 11.8 Å². The fraction of sp³-hybridized carbons (Fsp3) is 0.324. The van der Waals surface area contributed by atoms with Gasteiger partial charge < -0.3 is 20.7 Å². The molecule has 0 saturated heterocycles. The van der Waals surface area contributed by atoms with Crippen molar-refractivity contribution in [3.05, 3.63) is 101 Å². The summed E-state index contributed by atoms with van der Waals surface area (Å²) in [7, 11) is 0. The summed E-state index contributed by atoms with van der Waals surface area (Å²) in [5, 5.41) is 8.75. The van der Waals surface area contributed by atoms with E-state index in [9.17, 15) is 14.4 Å². The number of carbonyl (C=O) groups is 3. The van der Waals surface area contributed by atoms with Crippen molar-refractivity contribution >= 4 is 23.4 Å². The van der Waals surface area contributed by atoms with Gasteiger partial charge in [-0.05, 0) is 88.7 Å². The molecule has 2 atom stereocenters. The van der Waals surface area contributed by atoms with E-state index >= 15 is 0 Å². The van der Waals surface area contributed by atoms with Crippen LogP contribution in [-0.4, -0.2) is 48.6 Å². The van der Waals surface area contributed by atoms with Crippen molar-refractivity contribution in [3.63, 3.8) is 0 Å². The summed E-state index contributed by atoms with van der Waals surface area (Å²) in [6.45, 7) is 10.2. The molecule has 9 nitrogen and oxygen atoms in total. The third-order valence-electron chi connectivity index (χ3n) is 6.02. The second kappa shape index (κ2) is 16.2. The van der Waals surface area contributed by atoms with Crippen LogP contribution in [0.1, 0.15) is 61.7 Å². The van der Waals surface area contributed by atoms with Crippen LogP contribution in [0.4, 0.5) is 5.69 Å². The SMILES string of the molecule is CCONC(=O)C(NC(=O)c1ccc(C#Cc2ccc(NC(=O)CNCc3ccccc3)cc2)cc1)[C@@H](C)OC(C)(C)C. The highest BCUT2D eigenvalue weighted by atomic mass is 16.6. The minimum Gasteiger partial charge on any atom is -0.370 e. The fourth-order valence-corrected chi connectivity index (χ4v) is 4.06. The Morgan fingerprint density at radius 1 is 0.860 bits per heavy atom.